The van der Waals surface area contributed by atoms with Crippen molar-refractivity contribution in [3.8, 4) is 5.75 Å². The molecule has 1 N–H and O–H groups in total. The summed E-state index contributed by atoms with van der Waals surface area (Å²) in [5.74, 6) is 1.51. The van der Waals surface area contributed by atoms with Crippen molar-refractivity contribution in [1.29, 1.82) is 0 Å². The number of nitrogens with one attached hydrogen (secondary N) is 1. The molecule has 0 bridgehead atoms. The third-order valence-electron chi connectivity index (χ3n) is 6.18. The number of piperidine rings is 1. The van der Waals surface area contributed by atoms with Crippen molar-refractivity contribution in [2.75, 3.05) is 20.2 Å². The number of carbonyl (C=O) groups excluding carboxylic acids is 1. The van der Waals surface area contributed by atoms with Gasteiger partial charge in [-0.1, -0.05) is 25.0 Å². The van der Waals surface area contributed by atoms with Gasteiger partial charge in [0.25, 0.3) is 0 Å². The molecule has 1 amide bonds. The highest BCUT2D eigenvalue weighted by Gasteiger charge is 2.45. The lowest BCUT2D eigenvalue weighted by Crippen LogP contribution is -2.49. The predicted octanol–water partition coefficient (Wildman–Crippen LogP) is 3.64. The van der Waals surface area contributed by atoms with E-state index >= 15 is 0 Å². The second-order valence-corrected chi connectivity index (χ2v) is 7.62. The van der Waals surface area contributed by atoms with Crippen LogP contribution in [-0.2, 0) is 10.2 Å². The molecule has 5 nitrogen and oxygen atoms in total. The average Bonchev–Trinajstić information content (AvgIpc) is 3.40. The Balaban J connectivity index is 1.58. The number of aromatic amines is 1. The van der Waals surface area contributed by atoms with E-state index < -0.39 is 0 Å². The number of carbonyl (C=O) groups is 1. The zero-order valence-corrected chi connectivity index (χ0v) is 15.4. The Kier molecular flexibility index (Phi) is 4.70. The second kappa shape index (κ2) is 7.14. The molecular weight excluding hydrogens is 326 g/mol. The lowest BCUT2D eigenvalue weighted by Gasteiger charge is -2.39. The highest BCUT2D eigenvalue weighted by atomic mass is 16.5. The van der Waals surface area contributed by atoms with E-state index in [9.17, 15) is 4.79 Å². The molecule has 1 aliphatic heterocycles. The highest BCUT2D eigenvalue weighted by molar-refractivity contribution is 5.89. The molecule has 5 heteroatoms. The van der Waals surface area contributed by atoms with E-state index in [0.29, 0.717) is 11.8 Å². The van der Waals surface area contributed by atoms with E-state index in [-0.39, 0.29) is 5.41 Å². The number of likely N-dealkylation sites (tertiary alicyclic amines) is 1. The van der Waals surface area contributed by atoms with Gasteiger partial charge in [0.2, 0.25) is 5.91 Å². The van der Waals surface area contributed by atoms with Gasteiger partial charge in [-0.05, 0) is 49.4 Å². The molecule has 0 radical (unpaired) electrons. The van der Waals surface area contributed by atoms with Crippen LogP contribution >= 0.6 is 0 Å². The number of benzene rings is 1. The van der Waals surface area contributed by atoms with Crippen LogP contribution in [0.1, 0.15) is 55.7 Å². The van der Waals surface area contributed by atoms with Crippen LogP contribution < -0.4 is 4.74 Å². The summed E-state index contributed by atoms with van der Waals surface area (Å²) in [7, 11) is 1.68. The van der Waals surface area contributed by atoms with Gasteiger partial charge < -0.3 is 9.64 Å². The topological polar surface area (TPSA) is 58.2 Å². The van der Waals surface area contributed by atoms with Crippen LogP contribution in [0.15, 0.2) is 36.5 Å². The van der Waals surface area contributed by atoms with Crippen molar-refractivity contribution >= 4 is 5.91 Å². The molecule has 1 atom stereocenters. The molecular formula is C21H27N3O2. The maximum Gasteiger partial charge on any atom is 0.233 e. The first kappa shape index (κ1) is 17.1. The zero-order chi connectivity index (χ0) is 18.0. The summed E-state index contributed by atoms with van der Waals surface area (Å²) in [5, 5.41) is 7.17. The van der Waals surface area contributed by atoms with Crippen molar-refractivity contribution < 1.29 is 9.53 Å². The highest BCUT2D eigenvalue weighted by Crippen LogP contribution is 2.44. The molecule has 2 fully saturated rings. The Labute approximate surface area is 154 Å². The van der Waals surface area contributed by atoms with Crippen molar-refractivity contribution in [1.82, 2.24) is 15.1 Å². The maximum atomic E-state index is 13.7. The number of amides is 1. The first-order valence-electron chi connectivity index (χ1n) is 9.66. The lowest BCUT2D eigenvalue weighted by molar-refractivity contribution is -0.138. The molecule has 138 valence electrons. The summed E-state index contributed by atoms with van der Waals surface area (Å²) in [4.78, 5) is 15.8. The summed E-state index contributed by atoms with van der Waals surface area (Å²) in [6.45, 7) is 1.65. The molecule has 1 aliphatic carbocycles. The summed E-state index contributed by atoms with van der Waals surface area (Å²) in [5.41, 5.74) is 1.93. The number of rotatable bonds is 4. The third kappa shape index (κ3) is 3.00. The van der Waals surface area contributed by atoms with Gasteiger partial charge in [-0.2, -0.15) is 5.10 Å². The van der Waals surface area contributed by atoms with E-state index in [0.717, 1.165) is 68.6 Å². The molecule has 1 saturated carbocycles. The van der Waals surface area contributed by atoms with Gasteiger partial charge in [0.15, 0.2) is 0 Å². The Morgan fingerprint density at radius 3 is 2.62 bits per heavy atom. The lowest BCUT2D eigenvalue weighted by atomic mass is 9.77. The SMILES string of the molecule is COc1ccc(C2(C(=O)N3CCCC(c4ccn[nH]4)C3)CCCC2)cc1. The Morgan fingerprint density at radius 1 is 1.19 bits per heavy atom. The van der Waals surface area contributed by atoms with E-state index in [4.69, 9.17) is 4.74 Å². The first-order chi connectivity index (χ1) is 12.7. The fraction of sp³-hybridized carbons (Fsp3) is 0.524. The second-order valence-electron chi connectivity index (χ2n) is 7.62. The number of methoxy groups -OCH3 is 1. The van der Waals surface area contributed by atoms with E-state index in [1.54, 1.807) is 13.3 Å². The molecule has 1 aromatic carbocycles. The van der Waals surface area contributed by atoms with Crippen LogP contribution in [0.2, 0.25) is 0 Å². The summed E-state index contributed by atoms with van der Waals surface area (Å²) >= 11 is 0. The van der Waals surface area contributed by atoms with Gasteiger partial charge >= 0.3 is 0 Å². The Bertz CT molecular complexity index is 733. The van der Waals surface area contributed by atoms with Gasteiger partial charge in [0, 0.05) is 30.9 Å². The predicted molar refractivity (Wildman–Crippen MR) is 100 cm³/mol. The van der Waals surface area contributed by atoms with Crippen molar-refractivity contribution in [2.24, 2.45) is 0 Å². The van der Waals surface area contributed by atoms with Crippen molar-refractivity contribution in [2.45, 2.75) is 49.9 Å². The van der Waals surface area contributed by atoms with Crippen LogP contribution in [0.4, 0.5) is 0 Å². The first-order valence-corrected chi connectivity index (χ1v) is 9.66. The Hall–Kier alpha value is -2.30. The smallest absolute Gasteiger partial charge is 0.233 e. The Morgan fingerprint density at radius 2 is 1.96 bits per heavy atom. The van der Waals surface area contributed by atoms with Crippen LogP contribution in [-0.4, -0.2) is 41.2 Å². The van der Waals surface area contributed by atoms with Gasteiger partial charge in [0.1, 0.15) is 5.75 Å². The van der Waals surface area contributed by atoms with Crippen molar-refractivity contribution in [3.05, 3.63) is 47.8 Å². The third-order valence-corrected chi connectivity index (χ3v) is 6.18. The molecule has 1 unspecified atom stereocenters. The number of nitrogens with zero attached hydrogens (tertiary/aromatic N) is 2. The van der Waals surface area contributed by atoms with Crippen molar-refractivity contribution in [3.63, 3.8) is 0 Å². The number of H-pyrrole nitrogens is 1. The summed E-state index contributed by atoms with van der Waals surface area (Å²) in [6, 6.07) is 10.2. The molecule has 1 saturated heterocycles. The largest absolute Gasteiger partial charge is 0.497 e. The molecule has 4 rings (SSSR count). The molecule has 26 heavy (non-hydrogen) atoms. The molecule has 2 aliphatic rings. The fourth-order valence-corrected chi connectivity index (χ4v) is 4.73. The van der Waals surface area contributed by atoms with Gasteiger partial charge in [-0.15, -0.1) is 0 Å². The van der Waals surface area contributed by atoms with Gasteiger partial charge in [-0.25, -0.2) is 0 Å². The standard InChI is InChI=1S/C21H27N3O2/c1-26-18-8-6-17(7-9-18)21(11-2-3-12-21)20(25)24-14-4-5-16(15-24)19-10-13-22-23-19/h6-10,13,16H,2-5,11-12,14-15H2,1H3,(H,22,23). The number of ether oxygens (including phenoxy) is 1. The van der Waals surface area contributed by atoms with Gasteiger partial charge in [0.05, 0.1) is 12.5 Å². The van der Waals surface area contributed by atoms with E-state index in [1.807, 2.05) is 18.2 Å². The van der Waals surface area contributed by atoms with Crippen LogP contribution in [0.25, 0.3) is 0 Å². The van der Waals surface area contributed by atoms with Crippen LogP contribution in [0.5, 0.6) is 5.75 Å². The normalized spacial score (nSPS) is 22.3. The van der Waals surface area contributed by atoms with E-state index in [2.05, 4.69) is 27.2 Å². The number of hydrogen-bond donors (Lipinski definition) is 1. The zero-order valence-electron chi connectivity index (χ0n) is 15.4. The minimum Gasteiger partial charge on any atom is -0.497 e. The minimum atomic E-state index is -0.359. The van der Waals surface area contributed by atoms with E-state index in [1.165, 1.54) is 0 Å². The van der Waals surface area contributed by atoms with Gasteiger partial charge in [-0.3, -0.25) is 9.89 Å². The monoisotopic (exact) mass is 353 g/mol. The number of aromatic nitrogens is 2. The molecule has 0 spiro atoms. The maximum absolute atomic E-state index is 13.7. The quantitative estimate of drug-likeness (QED) is 0.913. The van der Waals surface area contributed by atoms with Crippen LogP contribution in [0, 0.1) is 0 Å². The fourth-order valence-electron chi connectivity index (χ4n) is 4.73. The molecule has 1 aromatic heterocycles. The van der Waals surface area contributed by atoms with Crippen LogP contribution in [0.3, 0.4) is 0 Å². The summed E-state index contributed by atoms with van der Waals surface area (Å²) < 4.78 is 5.29. The average molecular weight is 353 g/mol. The minimum absolute atomic E-state index is 0.310. The number of hydrogen-bond acceptors (Lipinski definition) is 3. The molecule has 2 heterocycles. The summed E-state index contributed by atoms with van der Waals surface area (Å²) in [6.07, 6.45) is 8.10. The molecule has 2 aromatic rings.